The van der Waals surface area contributed by atoms with Crippen molar-refractivity contribution in [1.82, 2.24) is 4.90 Å². The van der Waals surface area contributed by atoms with Gasteiger partial charge >= 0.3 is 0 Å². The first-order valence-electron chi connectivity index (χ1n) is 11.1. The van der Waals surface area contributed by atoms with Gasteiger partial charge in [0.25, 0.3) is 5.91 Å². The summed E-state index contributed by atoms with van der Waals surface area (Å²) in [5.41, 5.74) is 2.77. The largest absolute Gasteiger partial charge is 0.368 e. The first-order valence-corrected chi connectivity index (χ1v) is 13.0. The van der Waals surface area contributed by atoms with Gasteiger partial charge in [0, 0.05) is 43.1 Å². The average Bonchev–Trinajstić information content (AvgIpc) is 2.84. The van der Waals surface area contributed by atoms with E-state index in [1.54, 1.807) is 48.5 Å². The Labute approximate surface area is 199 Å². The van der Waals surface area contributed by atoms with Gasteiger partial charge in [0.15, 0.2) is 9.84 Å². The second-order valence-electron chi connectivity index (χ2n) is 8.26. The number of nitrogens with one attached hydrogen (secondary N) is 1. The minimum Gasteiger partial charge on any atom is -0.368 e. The third kappa shape index (κ3) is 6.23. The van der Waals surface area contributed by atoms with Crippen LogP contribution in [0.3, 0.4) is 0 Å². The summed E-state index contributed by atoms with van der Waals surface area (Å²) < 4.78 is 24.9. The monoisotopic (exact) mass is 477 g/mol. The van der Waals surface area contributed by atoms with Gasteiger partial charge in [-0.05, 0) is 42.0 Å². The molecule has 7 nitrogen and oxygen atoms in total. The Morgan fingerprint density at radius 2 is 1.35 bits per heavy atom. The molecule has 0 aliphatic carbocycles. The highest BCUT2D eigenvalue weighted by atomic mass is 32.2. The molecule has 0 atom stereocenters. The first-order chi connectivity index (χ1) is 16.4. The number of benzene rings is 3. The maximum Gasteiger partial charge on any atom is 0.253 e. The number of rotatable bonds is 7. The quantitative estimate of drug-likeness (QED) is 0.565. The number of hydrogen-bond acceptors (Lipinski definition) is 5. The number of hydrogen-bond donors (Lipinski definition) is 1. The van der Waals surface area contributed by atoms with Crippen LogP contribution in [0.25, 0.3) is 0 Å². The van der Waals surface area contributed by atoms with Crippen molar-refractivity contribution >= 4 is 33.0 Å². The number of amides is 2. The number of carbonyl (C=O) groups is 2. The maximum atomic E-state index is 12.9. The van der Waals surface area contributed by atoms with E-state index in [1.165, 1.54) is 0 Å². The van der Waals surface area contributed by atoms with Crippen molar-refractivity contribution in [3.8, 4) is 0 Å². The molecule has 176 valence electrons. The van der Waals surface area contributed by atoms with Crippen LogP contribution >= 0.6 is 0 Å². The highest BCUT2D eigenvalue weighted by Gasteiger charge is 2.23. The van der Waals surface area contributed by atoms with Crippen LogP contribution in [0.15, 0.2) is 84.9 Å². The maximum absolute atomic E-state index is 12.9. The molecule has 0 aromatic heterocycles. The predicted octanol–water partition coefficient (Wildman–Crippen LogP) is 3.20. The predicted molar refractivity (Wildman–Crippen MR) is 134 cm³/mol. The van der Waals surface area contributed by atoms with Crippen molar-refractivity contribution in [3.05, 3.63) is 96.1 Å². The Bertz CT molecular complexity index is 1220. The SMILES string of the molecule is O=C(CS(=O)(=O)Cc1ccc(C(=O)N2CCN(c3ccccc3)CC2)cc1)Nc1ccccc1. The van der Waals surface area contributed by atoms with Gasteiger partial charge in [0.05, 0.1) is 5.75 Å². The van der Waals surface area contributed by atoms with Crippen LogP contribution in [-0.2, 0) is 20.4 Å². The lowest BCUT2D eigenvalue weighted by Crippen LogP contribution is -2.48. The molecule has 1 heterocycles. The van der Waals surface area contributed by atoms with Gasteiger partial charge in [-0.25, -0.2) is 8.42 Å². The summed E-state index contributed by atoms with van der Waals surface area (Å²) in [6.45, 7) is 2.77. The highest BCUT2D eigenvalue weighted by Crippen LogP contribution is 2.18. The van der Waals surface area contributed by atoms with E-state index in [4.69, 9.17) is 0 Å². The smallest absolute Gasteiger partial charge is 0.253 e. The molecule has 3 aromatic carbocycles. The van der Waals surface area contributed by atoms with Crippen LogP contribution < -0.4 is 10.2 Å². The van der Waals surface area contributed by atoms with Gasteiger partial charge < -0.3 is 15.1 Å². The summed E-state index contributed by atoms with van der Waals surface area (Å²) in [7, 11) is -3.65. The molecule has 0 saturated carbocycles. The molecule has 1 N–H and O–H groups in total. The molecule has 4 rings (SSSR count). The Balaban J connectivity index is 1.30. The summed E-state index contributed by atoms with van der Waals surface area (Å²) in [5.74, 6) is -1.51. The van der Waals surface area contributed by atoms with E-state index in [0.29, 0.717) is 29.9 Å². The van der Waals surface area contributed by atoms with E-state index < -0.39 is 21.5 Å². The van der Waals surface area contributed by atoms with Crippen LogP contribution in [0.1, 0.15) is 15.9 Å². The standard InChI is InChI=1S/C26H27N3O4S/c30-25(27-23-7-3-1-4-8-23)20-34(32,33)19-21-11-13-22(14-12-21)26(31)29-17-15-28(16-18-29)24-9-5-2-6-10-24/h1-14H,15-20H2,(H,27,30). The summed E-state index contributed by atoms with van der Waals surface area (Å²) in [5, 5.41) is 2.59. The van der Waals surface area contributed by atoms with Crippen molar-refractivity contribution < 1.29 is 18.0 Å². The molecule has 3 aromatic rings. The third-order valence-electron chi connectivity index (χ3n) is 5.68. The second kappa shape index (κ2) is 10.5. The van der Waals surface area contributed by atoms with Crippen molar-refractivity contribution in [1.29, 1.82) is 0 Å². The van der Waals surface area contributed by atoms with Crippen LogP contribution in [0.2, 0.25) is 0 Å². The summed E-state index contributed by atoms with van der Waals surface area (Å²) in [6, 6.07) is 25.4. The number of carbonyl (C=O) groups excluding carboxylic acids is 2. The second-order valence-corrected chi connectivity index (χ2v) is 10.3. The summed E-state index contributed by atoms with van der Waals surface area (Å²) in [4.78, 5) is 29.1. The van der Waals surface area contributed by atoms with Crippen molar-refractivity contribution in [2.24, 2.45) is 0 Å². The molecule has 0 spiro atoms. The number of sulfone groups is 1. The van der Waals surface area contributed by atoms with Gasteiger partial charge in [0.2, 0.25) is 5.91 Å². The van der Waals surface area contributed by atoms with Gasteiger partial charge in [0.1, 0.15) is 5.75 Å². The lowest BCUT2D eigenvalue weighted by molar-refractivity contribution is -0.113. The average molecular weight is 478 g/mol. The van der Waals surface area contributed by atoms with Crippen LogP contribution in [-0.4, -0.2) is 57.1 Å². The van der Waals surface area contributed by atoms with E-state index in [2.05, 4.69) is 22.3 Å². The number of anilines is 2. The molecule has 0 unspecified atom stereocenters. The number of nitrogens with zero attached hydrogens (tertiary/aromatic N) is 2. The Morgan fingerprint density at radius 3 is 1.97 bits per heavy atom. The molecule has 1 aliphatic rings. The zero-order valence-electron chi connectivity index (χ0n) is 18.8. The summed E-state index contributed by atoms with van der Waals surface area (Å²) >= 11 is 0. The number of piperazine rings is 1. The molecule has 2 amide bonds. The van der Waals surface area contributed by atoms with Crippen molar-refractivity contribution in [2.75, 3.05) is 42.1 Å². The zero-order chi connectivity index (χ0) is 24.0. The van der Waals surface area contributed by atoms with Gasteiger partial charge in [-0.15, -0.1) is 0 Å². The van der Waals surface area contributed by atoms with Gasteiger partial charge in [-0.3, -0.25) is 9.59 Å². The summed E-state index contributed by atoms with van der Waals surface area (Å²) in [6.07, 6.45) is 0. The fourth-order valence-electron chi connectivity index (χ4n) is 3.96. The normalized spacial score (nSPS) is 14.0. The van der Waals surface area contributed by atoms with E-state index in [-0.39, 0.29) is 11.7 Å². The molecular weight excluding hydrogens is 450 g/mol. The molecule has 1 fully saturated rings. The lowest BCUT2D eigenvalue weighted by Gasteiger charge is -2.36. The molecule has 1 aliphatic heterocycles. The lowest BCUT2D eigenvalue weighted by atomic mass is 10.1. The van der Waals surface area contributed by atoms with Crippen molar-refractivity contribution in [2.45, 2.75) is 5.75 Å². The van der Waals surface area contributed by atoms with Gasteiger partial charge in [-0.2, -0.15) is 0 Å². The number of para-hydroxylation sites is 2. The van der Waals surface area contributed by atoms with Crippen molar-refractivity contribution in [3.63, 3.8) is 0 Å². The van der Waals surface area contributed by atoms with E-state index >= 15 is 0 Å². The fourth-order valence-corrected chi connectivity index (χ4v) is 5.23. The Kier molecular flexibility index (Phi) is 7.27. The van der Waals surface area contributed by atoms with E-state index in [1.807, 2.05) is 29.2 Å². The van der Waals surface area contributed by atoms with Crippen LogP contribution in [0.5, 0.6) is 0 Å². The highest BCUT2D eigenvalue weighted by molar-refractivity contribution is 7.91. The fraction of sp³-hybridized carbons (Fsp3) is 0.231. The molecule has 34 heavy (non-hydrogen) atoms. The zero-order valence-corrected chi connectivity index (χ0v) is 19.6. The Hall–Kier alpha value is -3.65. The van der Waals surface area contributed by atoms with E-state index in [9.17, 15) is 18.0 Å². The minimum absolute atomic E-state index is 0.0654. The molecule has 8 heteroatoms. The van der Waals surface area contributed by atoms with E-state index in [0.717, 1.165) is 18.8 Å². The minimum atomic E-state index is -3.65. The molecule has 1 saturated heterocycles. The van der Waals surface area contributed by atoms with Crippen LogP contribution in [0, 0.1) is 0 Å². The Morgan fingerprint density at radius 1 is 0.765 bits per heavy atom. The molecule has 0 bridgehead atoms. The molecular formula is C26H27N3O4S. The van der Waals surface area contributed by atoms with Gasteiger partial charge in [-0.1, -0.05) is 48.5 Å². The molecule has 0 radical (unpaired) electrons. The third-order valence-corrected chi connectivity index (χ3v) is 7.16. The first kappa shape index (κ1) is 23.5. The van der Waals surface area contributed by atoms with Crippen LogP contribution in [0.4, 0.5) is 11.4 Å². The topological polar surface area (TPSA) is 86.8 Å².